The Labute approximate surface area is 169 Å². The molecule has 29 heavy (non-hydrogen) atoms. The van der Waals surface area contributed by atoms with Gasteiger partial charge in [0.2, 0.25) is 10.0 Å². The van der Waals surface area contributed by atoms with Gasteiger partial charge in [0.05, 0.1) is 17.4 Å². The van der Waals surface area contributed by atoms with Crippen LogP contribution in [0.15, 0.2) is 48.7 Å². The number of carbonyl (C=O) groups excluding carboxylic acids is 2. The predicted molar refractivity (Wildman–Crippen MR) is 110 cm³/mol. The van der Waals surface area contributed by atoms with E-state index in [9.17, 15) is 18.0 Å². The number of H-pyrrole nitrogens is 1. The number of hydrogen-bond donors (Lipinski definition) is 1. The molecule has 1 aromatic heterocycles. The molecule has 0 fully saturated rings. The highest BCUT2D eigenvalue weighted by Crippen LogP contribution is 2.25. The second-order valence-corrected chi connectivity index (χ2v) is 9.36. The van der Waals surface area contributed by atoms with Crippen LogP contribution < -0.4 is 0 Å². The van der Waals surface area contributed by atoms with Gasteiger partial charge in [-0.1, -0.05) is 18.2 Å². The monoisotopic (exact) mass is 411 g/mol. The molecule has 0 saturated carbocycles. The Morgan fingerprint density at radius 1 is 1.03 bits per heavy atom. The van der Waals surface area contributed by atoms with Gasteiger partial charge in [-0.2, -0.15) is 0 Å². The lowest BCUT2D eigenvalue weighted by Crippen LogP contribution is -2.31. The van der Waals surface area contributed by atoms with Gasteiger partial charge in [-0.25, -0.2) is 12.7 Å². The van der Waals surface area contributed by atoms with Crippen molar-refractivity contribution in [3.05, 3.63) is 70.9 Å². The molecule has 2 aromatic carbocycles. The van der Waals surface area contributed by atoms with Crippen LogP contribution in [0.5, 0.6) is 0 Å². The van der Waals surface area contributed by atoms with Gasteiger partial charge < -0.3 is 4.98 Å². The predicted octanol–water partition coefficient (Wildman–Crippen LogP) is 2.40. The van der Waals surface area contributed by atoms with E-state index in [2.05, 4.69) is 4.98 Å². The van der Waals surface area contributed by atoms with E-state index in [0.717, 1.165) is 22.0 Å². The van der Waals surface area contributed by atoms with Crippen LogP contribution >= 0.6 is 0 Å². The van der Waals surface area contributed by atoms with E-state index >= 15 is 0 Å². The topological polar surface area (TPSA) is 90.6 Å². The van der Waals surface area contributed by atoms with Gasteiger partial charge >= 0.3 is 0 Å². The number of hydrogen-bond acceptors (Lipinski definition) is 4. The molecule has 1 aliphatic heterocycles. The third kappa shape index (κ3) is 3.56. The molecule has 0 saturated heterocycles. The third-order valence-corrected chi connectivity index (χ3v) is 6.55. The summed E-state index contributed by atoms with van der Waals surface area (Å²) in [5.74, 6) is -0.526. The number of rotatable bonds is 6. The van der Waals surface area contributed by atoms with Gasteiger partial charge in [0.25, 0.3) is 11.8 Å². The number of benzene rings is 2. The van der Waals surface area contributed by atoms with E-state index < -0.39 is 10.0 Å². The number of carbonyl (C=O) groups is 2. The summed E-state index contributed by atoms with van der Waals surface area (Å²) in [6.45, 7) is 0.560. The highest BCUT2D eigenvalue weighted by Gasteiger charge is 2.34. The molecule has 0 radical (unpaired) electrons. The van der Waals surface area contributed by atoms with Crippen molar-refractivity contribution in [1.82, 2.24) is 14.2 Å². The molecule has 0 bridgehead atoms. The van der Waals surface area contributed by atoms with Crippen LogP contribution in [-0.2, 0) is 23.0 Å². The molecule has 4 rings (SSSR count). The summed E-state index contributed by atoms with van der Waals surface area (Å²) in [5, 5.41) is 0.959. The maximum Gasteiger partial charge on any atom is 0.261 e. The molecule has 2 amide bonds. The number of aromatic amines is 1. The molecule has 2 heterocycles. The molecule has 150 valence electrons. The molecule has 0 spiro atoms. The first-order valence-electron chi connectivity index (χ1n) is 9.21. The third-order valence-electron chi connectivity index (χ3n) is 5.29. The Morgan fingerprint density at radius 2 is 1.69 bits per heavy atom. The number of sulfonamides is 1. The van der Waals surface area contributed by atoms with Gasteiger partial charge in [-0.05, 0) is 41.8 Å². The van der Waals surface area contributed by atoms with Gasteiger partial charge in [0.1, 0.15) is 0 Å². The fourth-order valence-electron chi connectivity index (χ4n) is 3.58. The summed E-state index contributed by atoms with van der Waals surface area (Å²) in [7, 11) is -1.73. The molecule has 8 heteroatoms. The lowest BCUT2D eigenvalue weighted by molar-refractivity contribution is 0.0656. The van der Waals surface area contributed by atoms with Crippen molar-refractivity contribution in [2.75, 3.05) is 19.8 Å². The SMILES string of the molecule is CN(Cc1ccc2[nH]cc(CCN3C(=O)c4ccccc4C3=O)c2c1)S(C)(=O)=O. The molecule has 1 N–H and O–H groups in total. The maximum atomic E-state index is 12.5. The molecular weight excluding hydrogens is 390 g/mol. The Kier molecular flexibility index (Phi) is 4.76. The van der Waals surface area contributed by atoms with Gasteiger partial charge in [-0.15, -0.1) is 0 Å². The van der Waals surface area contributed by atoms with Crippen molar-refractivity contribution in [3.63, 3.8) is 0 Å². The zero-order valence-electron chi connectivity index (χ0n) is 16.2. The van der Waals surface area contributed by atoms with Gasteiger partial charge in [0, 0.05) is 37.2 Å². The molecule has 3 aromatic rings. The summed E-state index contributed by atoms with van der Waals surface area (Å²) in [6.07, 6.45) is 3.55. The number of amides is 2. The Bertz CT molecular complexity index is 1190. The summed E-state index contributed by atoms with van der Waals surface area (Å²) in [6, 6.07) is 12.6. The van der Waals surface area contributed by atoms with Gasteiger partial charge in [0.15, 0.2) is 0 Å². The summed E-state index contributed by atoms with van der Waals surface area (Å²) in [4.78, 5) is 29.5. The quantitative estimate of drug-likeness (QED) is 0.631. The number of aromatic nitrogens is 1. The zero-order chi connectivity index (χ0) is 20.8. The second kappa shape index (κ2) is 7.13. The molecule has 0 atom stereocenters. The van der Waals surface area contributed by atoms with Crippen LogP contribution in [0.4, 0.5) is 0 Å². The van der Waals surface area contributed by atoms with Crippen LogP contribution in [0.25, 0.3) is 10.9 Å². The minimum atomic E-state index is -3.27. The van der Waals surface area contributed by atoms with Crippen molar-refractivity contribution in [2.24, 2.45) is 0 Å². The molecular formula is C21H21N3O4S. The Balaban J connectivity index is 1.54. The van der Waals surface area contributed by atoms with Crippen molar-refractivity contribution < 1.29 is 18.0 Å². The minimum absolute atomic E-state index is 0.263. The van der Waals surface area contributed by atoms with Crippen molar-refractivity contribution in [1.29, 1.82) is 0 Å². The zero-order valence-corrected chi connectivity index (χ0v) is 17.0. The number of nitrogens with zero attached hydrogens (tertiary/aromatic N) is 2. The number of fused-ring (bicyclic) bond motifs is 2. The molecule has 1 aliphatic rings. The summed E-state index contributed by atoms with van der Waals surface area (Å²) >= 11 is 0. The van der Waals surface area contributed by atoms with Crippen molar-refractivity contribution in [2.45, 2.75) is 13.0 Å². The highest BCUT2D eigenvalue weighted by molar-refractivity contribution is 7.88. The first-order valence-corrected chi connectivity index (χ1v) is 11.1. The van der Waals surface area contributed by atoms with E-state index in [0.29, 0.717) is 17.5 Å². The molecule has 0 unspecified atom stereocenters. The average Bonchev–Trinajstić information content (AvgIpc) is 3.19. The lowest BCUT2D eigenvalue weighted by Gasteiger charge is -2.15. The van der Waals surface area contributed by atoms with E-state index in [1.165, 1.54) is 15.5 Å². The minimum Gasteiger partial charge on any atom is -0.361 e. The number of imide groups is 1. The Morgan fingerprint density at radius 3 is 2.31 bits per heavy atom. The summed E-state index contributed by atoms with van der Waals surface area (Å²) < 4.78 is 24.6. The molecule has 7 nitrogen and oxygen atoms in total. The smallest absolute Gasteiger partial charge is 0.261 e. The van der Waals surface area contributed by atoms with E-state index in [1.807, 2.05) is 24.4 Å². The average molecular weight is 411 g/mol. The van der Waals surface area contributed by atoms with Gasteiger partial charge in [-0.3, -0.25) is 14.5 Å². The maximum absolute atomic E-state index is 12.5. The van der Waals surface area contributed by atoms with Crippen LogP contribution in [0.3, 0.4) is 0 Å². The first kappa shape index (κ1) is 19.4. The van der Waals surface area contributed by atoms with Crippen LogP contribution in [-0.4, -0.2) is 54.3 Å². The largest absolute Gasteiger partial charge is 0.361 e. The Hall–Kier alpha value is -2.97. The highest BCUT2D eigenvalue weighted by atomic mass is 32.2. The first-order chi connectivity index (χ1) is 13.8. The van der Waals surface area contributed by atoms with Crippen LogP contribution in [0, 0.1) is 0 Å². The van der Waals surface area contributed by atoms with Crippen LogP contribution in [0.1, 0.15) is 31.8 Å². The second-order valence-electron chi connectivity index (χ2n) is 7.27. The lowest BCUT2D eigenvalue weighted by atomic mass is 10.1. The molecule has 0 aliphatic carbocycles. The van der Waals surface area contributed by atoms with E-state index in [4.69, 9.17) is 0 Å². The fraction of sp³-hybridized carbons (Fsp3) is 0.238. The fourth-order valence-corrected chi connectivity index (χ4v) is 3.96. The normalized spacial score (nSPS) is 14.2. The van der Waals surface area contributed by atoms with Crippen molar-refractivity contribution in [3.8, 4) is 0 Å². The summed E-state index contributed by atoms with van der Waals surface area (Å²) in [5.41, 5.74) is 3.66. The van der Waals surface area contributed by atoms with E-state index in [1.54, 1.807) is 31.3 Å². The van der Waals surface area contributed by atoms with Crippen LogP contribution in [0.2, 0.25) is 0 Å². The number of nitrogens with one attached hydrogen (secondary N) is 1. The van der Waals surface area contributed by atoms with E-state index in [-0.39, 0.29) is 24.9 Å². The standard InChI is InChI=1S/C21H21N3O4S/c1-23(29(2,27)28)13-14-7-8-19-18(11-14)15(12-22-19)9-10-24-20(25)16-5-3-4-6-17(16)21(24)26/h3-8,11-12,22H,9-10,13H2,1-2H3. The van der Waals surface area contributed by atoms with Crippen molar-refractivity contribution >= 4 is 32.7 Å².